The van der Waals surface area contributed by atoms with Crippen molar-refractivity contribution in [3.05, 3.63) is 87.7 Å². The first-order valence-corrected chi connectivity index (χ1v) is 8.99. The third-order valence-corrected chi connectivity index (χ3v) is 4.81. The van der Waals surface area contributed by atoms with Gasteiger partial charge in [-0.1, -0.05) is 36.4 Å². The fourth-order valence-electron chi connectivity index (χ4n) is 3.42. The standard InChI is InChI=1S/C23H23NO4/c1-14-20(21(15(2)24-14)23(26)28-4)22(25)19-8-6-5-7-17(19)13-16-9-11-18(27-3)12-10-16/h5-12,24H,13H2,1-4H3. The summed E-state index contributed by atoms with van der Waals surface area (Å²) in [5.74, 6) is 0.0819. The lowest BCUT2D eigenvalue weighted by atomic mass is 9.92. The molecule has 0 aliphatic carbocycles. The monoisotopic (exact) mass is 377 g/mol. The third kappa shape index (κ3) is 3.69. The van der Waals surface area contributed by atoms with Gasteiger partial charge in [-0.05, 0) is 43.5 Å². The van der Waals surface area contributed by atoms with Crippen molar-refractivity contribution in [3.63, 3.8) is 0 Å². The summed E-state index contributed by atoms with van der Waals surface area (Å²) in [5.41, 5.74) is 4.48. The number of carbonyl (C=O) groups excluding carboxylic acids is 2. The Hall–Kier alpha value is -3.34. The van der Waals surface area contributed by atoms with Crippen LogP contribution in [0.3, 0.4) is 0 Å². The van der Waals surface area contributed by atoms with E-state index in [1.807, 2.05) is 42.5 Å². The van der Waals surface area contributed by atoms with Crippen molar-refractivity contribution in [1.29, 1.82) is 0 Å². The highest BCUT2D eigenvalue weighted by atomic mass is 16.5. The van der Waals surface area contributed by atoms with Gasteiger partial charge in [-0.15, -0.1) is 0 Å². The number of nitrogens with one attached hydrogen (secondary N) is 1. The zero-order valence-electron chi connectivity index (χ0n) is 16.5. The van der Waals surface area contributed by atoms with Crippen LogP contribution in [-0.4, -0.2) is 31.0 Å². The Labute approximate surface area is 164 Å². The number of carbonyl (C=O) groups is 2. The molecule has 0 aliphatic heterocycles. The van der Waals surface area contributed by atoms with Crippen LogP contribution in [0.2, 0.25) is 0 Å². The van der Waals surface area contributed by atoms with E-state index in [1.54, 1.807) is 27.0 Å². The van der Waals surface area contributed by atoms with E-state index < -0.39 is 5.97 Å². The number of methoxy groups -OCH3 is 2. The first-order valence-electron chi connectivity index (χ1n) is 8.99. The smallest absolute Gasteiger partial charge is 0.340 e. The lowest BCUT2D eigenvalue weighted by Crippen LogP contribution is -2.13. The molecule has 0 saturated heterocycles. The van der Waals surface area contributed by atoms with Crippen molar-refractivity contribution < 1.29 is 19.1 Å². The molecule has 3 rings (SSSR count). The van der Waals surface area contributed by atoms with E-state index in [2.05, 4.69) is 4.98 Å². The average molecular weight is 377 g/mol. The highest BCUT2D eigenvalue weighted by molar-refractivity contribution is 6.16. The highest BCUT2D eigenvalue weighted by Gasteiger charge is 2.26. The molecule has 2 aromatic carbocycles. The summed E-state index contributed by atoms with van der Waals surface area (Å²) in [6.45, 7) is 3.55. The Morgan fingerprint density at radius 3 is 2.18 bits per heavy atom. The second-order valence-corrected chi connectivity index (χ2v) is 6.63. The largest absolute Gasteiger partial charge is 0.497 e. The predicted molar refractivity (Wildman–Crippen MR) is 107 cm³/mol. The molecule has 0 fully saturated rings. The average Bonchev–Trinajstić information content (AvgIpc) is 3.01. The quantitative estimate of drug-likeness (QED) is 0.515. The van der Waals surface area contributed by atoms with Gasteiger partial charge in [0.1, 0.15) is 5.75 Å². The molecule has 0 saturated carbocycles. The van der Waals surface area contributed by atoms with Crippen molar-refractivity contribution in [2.75, 3.05) is 14.2 Å². The van der Waals surface area contributed by atoms with Crippen molar-refractivity contribution in [1.82, 2.24) is 4.98 Å². The molecule has 3 aromatic rings. The van der Waals surface area contributed by atoms with Gasteiger partial charge < -0.3 is 14.5 Å². The van der Waals surface area contributed by atoms with Gasteiger partial charge in [0.25, 0.3) is 0 Å². The molecule has 5 nitrogen and oxygen atoms in total. The van der Waals surface area contributed by atoms with Crippen molar-refractivity contribution in [2.45, 2.75) is 20.3 Å². The van der Waals surface area contributed by atoms with E-state index in [0.717, 1.165) is 16.9 Å². The van der Waals surface area contributed by atoms with Crippen molar-refractivity contribution >= 4 is 11.8 Å². The molecule has 0 aliphatic rings. The lowest BCUT2D eigenvalue weighted by molar-refractivity contribution is 0.0597. The fraction of sp³-hybridized carbons (Fsp3) is 0.217. The van der Waals surface area contributed by atoms with Crippen LogP contribution in [0.1, 0.15) is 48.8 Å². The Morgan fingerprint density at radius 2 is 1.54 bits per heavy atom. The van der Waals surface area contributed by atoms with Crippen LogP contribution >= 0.6 is 0 Å². The second-order valence-electron chi connectivity index (χ2n) is 6.63. The Balaban J connectivity index is 2.01. The van der Waals surface area contributed by atoms with E-state index >= 15 is 0 Å². The minimum atomic E-state index is -0.516. The van der Waals surface area contributed by atoms with E-state index in [4.69, 9.17) is 9.47 Å². The number of benzene rings is 2. The van der Waals surface area contributed by atoms with Gasteiger partial charge in [0.05, 0.1) is 25.3 Å². The molecule has 0 atom stereocenters. The van der Waals surface area contributed by atoms with E-state index in [0.29, 0.717) is 34.5 Å². The second kappa shape index (κ2) is 8.13. The fourth-order valence-corrected chi connectivity index (χ4v) is 3.42. The minimum absolute atomic E-state index is 0.189. The maximum Gasteiger partial charge on any atom is 0.340 e. The third-order valence-electron chi connectivity index (χ3n) is 4.81. The molecule has 0 radical (unpaired) electrons. The molecule has 1 N–H and O–H groups in total. The molecule has 0 unspecified atom stereocenters. The number of H-pyrrole nitrogens is 1. The number of hydrogen-bond donors (Lipinski definition) is 1. The zero-order valence-corrected chi connectivity index (χ0v) is 16.5. The van der Waals surface area contributed by atoms with Crippen molar-refractivity contribution in [3.8, 4) is 5.75 Å². The summed E-state index contributed by atoms with van der Waals surface area (Å²) in [4.78, 5) is 28.7. The Morgan fingerprint density at radius 1 is 0.893 bits per heavy atom. The SMILES string of the molecule is COC(=O)c1c(C)[nH]c(C)c1C(=O)c1ccccc1Cc1ccc(OC)cc1. The summed E-state index contributed by atoms with van der Waals surface area (Å²) in [5, 5.41) is 0. The topological polar surface area (TPSA) is 68.4 Å². The Bertz CT molecular complexity index is 1020. The molecular formula is C23H23NO4. The van der Waals surface area contributed by atoms with Gasteiger partial charge in [-0.25, -0.2) is 4.79 Å². The molecule has 28 heavy (non-hydrogen) atoms. The molecule has 0 spiro atoms. The molecule has 5 heteroatoms. The van der Waals surface area contributed by atoms with Crippen LogP contribution < -0.4 is 4.74 Å². The summed E-state index contributed by atoms with van der Waals surface area (Å²) < 4.78 is 10.1. The number of hydrogen-bond acceptors (Lipinski definition) is 4. The molecular weight excluding hydrogens is 354 g/mol. The van der Waals surface area contributed by atoms with Crippen LogP contribution in [0.15, 0.2) is 48.5 Å². The van der Waals surface area contributed by atoms with Crippen LogP contribution in [-0.2, 0) is 11.2 Å². The summed E-state index contributed by atoms with van der Waals surface area (Å²) in [7, 11) is 2.94. The normalized spacial score (nSPS) is 10.6. The van der Waals surface area contributed by atoms with Gasteiger partial charge >= 0.3 is 5.97 Å². The van der Waals surface area contributed by atoms with Crippen LogP contribution in [0.25, 0.3) is 0 Å². The molecule has 1 aromatic heterocycles. The lowest BCUT2D eigenvalue weighted by Gasteiger charge is -2.11. The first-order chi connectivity index (χ1) is 13.5. The predicted octanol–water partition coefficient (Wildman–Crippen LogP) is 4.25. The van der Waals surface area contributed by atoms with Crippen LogP contribution in [0.5, 0.6) is 5.75 Å². The number of ketones is 1. The van der Waals surface area contributed by atoms with E-state index in [9.17, 15) is 9.59 Å². The molecule has 1 heterocycles. The van der Waals surface area contributed by atoms with Crippen LogP contribution in [0.4, 0.5) is 0 Å². The van der Waals surface area contributed by atoms with Gasteiger partial charge in [0.2, 0.25) is 0 Å². The van der Waals surface area contributed by atoms with Gasteiger partial charge in [-0.3, -0.25) is 4.79 Å². The minimum Gasteiger partial charge on any atom is -0.497 e. The highest BCUT2D eigenvalue weighted by Crippen LogP contribution is 2.25. The number of aryl methyl sites for hydroxylation is 2. The molecule has 144 valence electrons. The summed E-state index contributed by atoms with van der Waals surface area (Å²) in [6.07, 6.45) is 0.599. The number of rotatable bonds is 6. The van der Waals surface area contributed by atoms with E-state index in [1.165, 1.54) is 7.11 Å². The summed E-state index contributed by atoms with van der Waals surface area (Å²) >= 11 is 0. The van der Waals surface area contributed by atoms with Gasteiger partial charge in [0.15, 0.2) is 5.78 Å². The Kier molecular flexibility index (Phi) is 5.64. The number of aromatic amines is 1. The van der Waals surface area contributed by atoms with Gasteiger partial charge in [-0.2, -0.15) is 0 Å². The maximum atomic E-state index is 13.4. The van der Waals surface area contributed by atoms with Gasteiger partial charge in [0, 0.05) is 17.0 Å². The first kappa shape index (κ1) is 19.4. The number of ether oxygens (including phenoxy) is 2. The molecule has 0 amide bonds. The maximum absolute atomic E-state index is 13.4. The van der Waals surface area contributed by atoms with E-state index in [-0.39, 0.29) is 5.78 Å². The summed E-state index contributed by atoms with van der Waals surface area (Å²) in [6, 6.07) is 15.2. The van der Waals surface area contributed by atoms with Crippen LogP contribution in [0, 0.1) is 13.8 Å². The number of esters is 1. The molecule has 0 bridgehead atoms. The van der Waals surface area contributed by atoms with Crippen molar-refractivity contribution in [2.24, 2.45) is 0 Å². The zero-order chi connectivity index (χ0) is 20.3. The number of aromatic nitrogens is 1.